The Morgan fingerprint density at radius 2 is 1.90 bits per heavy atom. The summed E-state index contributed by atoms with van der Waals surface area (Å²) in [5.41, 5.74) is 0. The van der Waals surface area contributed by atoms with Crippen LogP contribution in [0.4, 0.5) is 0 Å². The molecule has 0 fully saturated rings. The molecule has 0 saturated carbocycles. The van der Waals surface area contributed by atoms with Gasteiger partial charge in [0.05, 0.1) is 0 Å². The van der Waals surface area contributed by atoms with Crippen LogP contribution in [0.2, 0.25) is 0 Å². The summed E-state index contributed by atoms with van der Waals surface area (Å²) < 4.78 is 0.712. The molecule has 0 aliphatic carbocycles. The molecule has 0 unspecified atom stereocenters. The third kappa shape index (κ3) is 9.27. The van der Waals surface area contributed by atoms with E-state index in [2.05, 4.69) is 31.0 Å². The monoisotopic (exact) mass is 296 g/mol. The molecule has 0 saturated heterocycles. The molecule has 2 N–H and O–H groups in total. The van der Waals surface area contributed by atoms with Crippen LogP contribution in [0.15, 0.2) is 0 Å². The van der Waals surface area contributed by atoms with Crippen molar-refractivity contribution in [1.82, 2.24) is 0 Å². The van der Waals surface area contributed by atoms with Crippen molar-refractivity contribution in [3.8, 4) is 0 Å². The van der Waals surface area contributed by atoms with Crippen LogP contribution in [0.5, 0.6) is 0 Å². The van der Waals surface area contributed by atoms with Crippen molar-refractivity contribution in [3.05, 3.63) is 0 Å². The molecule has 0 aliphatic rings. The average molecular weight is 298 g/mol. The Hall–Kier alpha value is 1.27. The fraction of sp³-hybridized carbons (Fsp3) is 1.00. The standard InChI is InChI=1S/C4H11Br2O3P/c1-2-3-4-9-10(5,6,7)8/h7-8H,2-4H2,1H3. The SMILES string of the molecule is CCCCOP(O)(O)(Br)Br. The Labute approximate surface area is 76.4 Å². The van der Waals surface area contributed by atoms with E-state index in [1.807, 2.05) is 6.92 Å². The van der Waals surface area contributed by atoms with Crippen LogP contribution in [-0.4, -0.2) is 16.4 Å². The van der Waals surface area contributed by atoms with Gasteiger partial charge in [-0.3, -0.25) is 0 Å². The number of unbranched alkanes of at least 4 members (excludes halogenated alkanes) is 1. The maximum absolute atomic E-state index is 9.01. The quantitative estimate of drug-likeness (QED) is 0.620. The molecule has 0 radical (unpaired) electrons. The molecule has 0 heterocycles. The van der Waals surface area contributed by atoms with Gasteiger partial charge in [-0.2, -0.15) is 0 Å². The van der Waals surface area contributed by atoms with Crippen LogP contribution >= 0.6 is 35.7 Å². The van der Waals surface area contributed by atoms with Gasteiger partial charge in [0.2, 0.25) is 0 Å². The minimum atomic E-state index is -4.02. The Balaban J connectivity index is 3.49. The van der Waals surface area contributed by atoms with E-state index in [-0.39, 0.29) is 0 Å². The van der Waals surface area contributed by atoms with Crippen molar-refractivity contribution in [2.24, 2.45) is 0 Å². The third-order valence-electron chi connectivity index (χ3n) is 0.802. The molecule has 0 atom stereocenters. The molecule has 0 aromatic heterocycles. The van der Waals surface area contributed by atoms with Gasteiger partial charge >= 0.3 is 76.4 Å². The van der Waals surface area contributed by atoms with Crippen LogP contribution in [0.25, 0.3) is 0 Å². The molecule has 0 aromatic rings. The number of hydrogen-bond acceptors (Lipinski definition) is 3. The van der Waals surface area contributed by atoms with Crippen molar-refractivity contribution in [2.75, 3.05) is 6.61 Å². The Morgan fingerprint density at radius 1 is 1.40 bits per heavy atom. The van der Waals surface area contributed by atoms with Gasteiger partial charge < -0.3 is 0 Å². The van der Waals surface area contributed by atoms with Gasteiger partial charge in [-0.25, -0.2) is 0 Å². The van der Waals surface area contributed by atoms with Crippen molar-refractivity contribution in [2.45, 2.75) is 19.8 Å². The molecule has 0 amide bonds. The molecule has 6 heteroatoms. The van der Waals surface area contributed by atoms with E-state index in [9.17, 15) is 0 Å². The third-order valence-corrected chi connectivity index (χ3v) is 2.64. The average Bonchev–Trinajstić information content (AvgIpc) is 1.61. The summed E-state index contributed by atoms with van der Waals surface area (Å²) in [5.74, 6) is 0. The van der Waals surface area contributed by atoms with E-state index >= 15 is 0 Å². The van der Waals surface area contributed by atoms with Gasteiger partial charge in [0.1, 0.15) is 0 Å². The second-order valence-corrected chi connectivity index (χ2v) is 14.2. The van der Waals surface area contributed by atoms with Crippen molar-refractivity contribution >= 4 is 35.7 Å². The van der Waals surface area contributed by atoms with E-state index in [0.29, 0.717) is 6.61 Å². The normalized spacial score (nSPS) is 16.3. The predicted octanol–water partition coefficient (Wildman–Crippen LogP) is 2.71. The Kier molecular flexibility index (Phi) is 4.27. The zero-order chi connectivity index (χ0) is 8.28. The molecular formula is C4H11Br2O3P. The fourth-order valence-electron chi connectivity index (χ4n) is 0.360. The zero-order valence-corrected chi connectivity index (χ0v) is 9.69. The summed E-state index contributed by atoms with van der Waals surface area (Å²) >= 11 is 5.30. The predicted molar refractivity (Wildman–Crippen MR) is 50.1 cm³/mol. The van der Waals surface area contributed by atoms with Gasteiger partial charge in [0.25, 0.3) is 0 Å². The van der Waals surface area contributed by atoms with Crippen LogP contribution in [0.3, 0.4) is 0 Å². The van der Waals surface area contributed by atoms with Gasteiger partial charge in [0, 0.05) is 0 Å². The molecule has 3 nitrogen and oxygen atoms in total. The molecule has 0 aromatic carbocycles. The molecule has 0 spiro atoms. The number of halogens is 2. The summed E-state index contributed by atoms with van der Waals surface area (Å²) in [6.45, 7) is 2.34. The first kappa shape index (κ1) is 11.3. The van der Waals surface area contributed by atoms with E-state index in [4.69, 9.17) is 14.3 Å². The van der Waals surface area contributed by atoms with E-state index in [1.165, 1.54) is 0 Å². The van der Waals surface area contributed by atoms with E-state index in [1.54, 1.807) is 0 Å². The molecule has 10 heavy (non-hydrogen) atoms. The molecule has 0 bridgehead atoms. The Bertz CT molecular complexity index is 102. The Morgan fingerprint density at radius 3 is 2.20 bits per heavy atom. The van der Waals surface area contributed by atoms with Crippen LogP contribution in [0.1, 0.15) is 19.8 Å². The van der Waals surface area contributed by atoms with Gasteiger partial charge in [-0.05, 0) is 0 Å². The van der Waals surface area contributed by atoms with Crippen LogP contribution in [-0.2, 0) is 4.52 Å². The van der Waals surface area contributed by atoms with Crippen molar-refractivity contribution < 1.29 is 14.3 Å². The van der Waals surface area contributed by atoms with Crippen LogP contribution < -0.4 is 0 Å². The summed E-state index contributed by atoms with van der Waals surface area (Å²) in [5, 5.41) is 0. The second kappa shape index (κ2) is 3.78. The summed E-state index contributed by atoms with van der Waals surface area (Å²) in [4.78, 5) is 18.0. The van der Waals surface area contributed by atoms with Crippen molar-refractivity contribution in [3.63, 3.8) is 0 Å². The van der Waals surface area contributed by atoms with Crippen molar-refractivity contribution in [1.29, 1.82) is 0 Å². The van der Waals surface area contributed by atoms with E-state index < -0.39 is 4.69 Å². The first-order valence-corrected chi connectivity index (χ1v) is 9.01. The number of rotatable bonds is 4. The maximum atomic E-state index is 9.01. The number of hydrogen-bond donors (Lipinski definition) is 2. The van der Waals surface area contributed by atoms with Gasteiger partial charge in [0.15, 0.2) is 0 Å². The first-order valence-electron chi connectivity index (χ1n) is 2.92. The molecule has 64 valence electrons. The molecule has 0 rings (SSSR count). The van der Waals surface area contributed by atoms with E-state index in [0.717, 1.165) is 12.8 Å². The van der Waals surface area contributed by atoms with Gasteiger partial charge in [-0.1, -0.05) is 0 Å². The summed E-state index contributed by atoms with van der Waals surface area (Å²) in [7, 11) is 0. The summed E-state index contributed by atoms with van der Waals surface area (Å²) in [6.07, 6.45) is 1.78. The molecule has 0 aliphatic heterocycles. The second-order valence-electron chi connectivity index (χ2n) is 1.94. The summed E-state index contributed by atoms with van der Waals surface area (Å²) in [6, 6.07) is 0. The van der Waals surface area contributed by atoms with Crippen LogP contribution in [0, 0.1) is 0 Å². The molecular weight excluding hydrogens is 287 g/mol. The fourth-order valence-corrected chi connectivity index (χ4v) is 1.66. The topological polar surface area (TPSA) is 49.7 Å². The first-order chi connectivity index (χ1) is 4.31. The minimum absolute atomic E-state index is 0.345. The zero-order valence-electron chi connectivity index (χ0n) is 5.63. The van der Waals surface area contributed by atoms with Gasteiger partial charge in [-0.15, -0.1) is 0 Å².